The van der Waals surface area contributed by atoms with Crippen molar-refractivity contribution in [2.45, 2.75) is 53.1 Å². The van der Waals surface area contributed by atoms with E-state index >= 15 is 0 Å². The van der Waals surface area contributed by atoms with Crippen LogP contribution in [0.25, 0.3) is 6.08 Å². The Morgan fingerprint density at radius 1 is 1.00 bits per heavy atom. The average molecular weight is 244 g/mol. The van der Waals surface area contributed by atoms with Gasteiger partial charge in [-0.3, -0.25) is 0 Å². The average Bonchev–Trinajstić information content (AvgIpc) is 2.25. The van der Waals surface area contributed by atoms with E-state index in [-0.39, 0.29) is 16.9 Å². The van der Waals surface area contributed by atoms with Crippen LogP contribution in [0.5, 0.6) is 5.75 Å². The molecule has 0 fully saturated rings. The van der Waals surface area contributed by atoms with Crippen LogP contribution in [0.1, 0.15) is 52.7 Å². The lowest BCUT2D eigenvalue weighted by Crippen LogP contribution is -2.31. The summed E-state index contributed by atoms with van der Waals surface area (Å²) in [4.78, 5) is 0. The summed E-state index contributed by atoms with van der Waals surface area (Å²) >= 11 is 0. The van der Waals surface area contributed by atoms with E-state index in [4.69, 9.17) is 4.74 Å². The number of fused-ring (bicyclic) bond motifs is 1. The van der Waals surface area contributed by atoms with E-state index < -0.39 is 0 Å². The largest absolute Gasteiger partial charge is 0.485 e. The van der Waals surface area contributed by atoms with Gasteiger partial charge in [0.2, 0.25) is 0 Å². The molecule has 0 saturated heterocycles. The van der Waals surface area contributed by atoms with E-state index in [9.17, 15) is 0 Å². The Morgan fingerprint density at radius 3 is 2.22 bits per heavy atom. The van der Waals surface area contributed by atoms with Gasteiger partial charge in [-0.15, -0.1) is 0 Å². The fourth-order valence-electron chi connectivity index (χ4n) is 2.07. The fourth-order valence-corrected chi connectivity index (χ4v) is 2.07. The molecule has 1 unspecified atom stereocenters. The minimum absolute atomic E-state index is 0.131. The van der Waals surface area contributed by atoms with Crippen LogP contribution in [0.2, 0.25) is 0 Å². The zero-order valence-electron chi connectivity index (χ0n) is 12.4. The Morgan fingerprint density at radius 2 is 1.67 bits per heavy atom. The van der Waals surface area contributed by atoms with Crippen molar-refractivity contribution >= 4 is 6.08 Å². The van der Waals surface area contributed by atoms with Gasteiger partial charge < -0.3 is 4.74 Å². The van der Waals surface area contributed by atoms with Crippen LogP contribution >= 0.6 is 0 Å². The van der Waals surface area contributed by atoms with Crippen LogP contribution in [0.3, 0.4) is 0 Å². The molecule has 18 heavy (non-hydrogen) atoms. The maximum absolute atomic E-state index is 6.15. The van der Waals surface area contributed by atoms with E-state index in [1.165, 1.54) is 11.1 Å². The van der Waals surface area contributed by atoms with Crippen molar-refractivity contribution in [3.8, 4) is 5.75 Å². The molecule has 0 aliphatic carbocycles. The lowest BCUT2D eigenvalue weighted by Gasteiger charge is -2.32. The van der Waals surface area contributed by atoms with Crippen molar-refractivity contribution in [2.24, 2.45) is 5.41 Å². The first-order valence-electron chi connectivity index (χ1n) is 6.67. The molecular formula is C17H24O. The van der Waals surface area contributed by atoms with E-state index in [0.29, 0.717) is 0 Å². The van der Waals surface area contributed by atoms with Crippen LogP contribution < -0.4 is 4.74 Å². The van der Waals surface area contributed by atoms with Gasteiger partial charge in [0.15, 0.2) is 0 Å². The molecule has 1 aliphatic rings. The molecule has 1 atom stereocenters. The first-order valence-corrected chi connectivity index (χ1v) is 6.67. The highest BCUT2D eigenvalue weighted by molar-refractivity contribution is 5.61. The summed E-state index contributed by atoms with van der Waals surface area (Å²) in [7, 11) is 0. The molecule has 1 aromatic carbocycles. The molecule has 0 spiro atoms. The van der Waals surface area contributed by atoms with Gasteiger partial charge in [-0.2, -0.15) is 0 Å². The van der Waals surface area contributed by atoms with Crippen LogP contribution in [0.15, 0.2) is 24.3 Å². The van der Waals surface area contributed by atoms with E-state index in [1.54, 1.807) is 0 Å². The standard InChI is InChI=1S/C17H24O/c1-16(2,3)13-9-7-12-8-10-15(17(4,5)6)18-14(12)11-13/h7-11,15H,1-6H3. The molecule has 2 rings (SSSR count). The third-order valence-electron chi connectivity index (χ3n) is 3.44. The monoisotopic (exact) mass is 244 g/mol. The molecule has 0 amide bonds. The number of benzene rings is 1. The molecule has 1 nitrogen and oxygen atoms in total. The SMILES string of the molecule is CC(C)(C)c1ccc2c(c1)OC(C(C)(C)C)C=C2. The molecule has 0 saturated carbocycles. The van der Waals surface area contributed by atoms with Crippen molar-refractivity contribution < 1.29 is 4.74 Å². The summed E-state index contributed by atoms with van der Waals surface area (Å²) < 4.78 is 6.15. The molecule has 0 N–H and O–H groups in total. The van der Waals surface area contributed by atoms with E-state index in [0.717, 1.165) is 5.75 Å². The van der Waals surface area contributed by atoms with Gasteiger partial charge in [-0.25, -0.2) is 0 Å². The van der Waals surface area contributed by atoms with Crippen molar-refractivity contribution in [1.82, 2.24) is 0 Å². The molecule has 0 radical (unpaired) electrons. The fraction of sp³-hybridized carbons (Fsp3) is 0.529. The Labute approximate surface area is 111 Å². The Kier molecular flexibility index (Phi) is 3.04. The highest BCUT2D eigenvalue weighted by Gasteiger charge is 2.27. The van der Waals surface area contributed by atoms with Crippen LogP contribution in [-0.4, -0.2) is 6.10 Å². The Balaban J connectivity index is 2.36. The second-order valence-corrected chi connectivity index (χ2v) is 7.27. The summed E-state index contributed by atoms with van der Waals surface area (Å²) in [5.41, 5.74) is 2.80. The smallest absolute Gasteiger partial charge is 0.127 e. The predicted molar refractivity (Wildman–Crippen MR) is 78.0 cm³/mol. The minimum Gasteiger partial charge on any atom is -0.485 e. The molecule has 1 heterocycles. The Bertz CT molecular complexity index is 469. The van der Waals surface area contributed by atoms with Crippen LogP contribution in [0.4, 0.5) is 0 Å². The second kappa shape index (κ2) is 4.15. The van der Waals surface area contributed by atoms with Crippen molar-refractivity contribution in [3.05, 3.63) is 35.4 Å². The number of hydrogen-bond donors (Lipinski definition) is 0. The summed E-state index contributed by atoms with van der Waals surface area (Å²) in [6, 6.07) is 6.55. The molecule has 1 heteroatoms. The zero-order chi connectivity index (χ0) is 13.6. The van der Waals surface area contributed by atoms with Crippen molar-refractivity contribution in [2.75, 3.05) is 0 Å². The van der Waals surface area contributed by atoms with Gasteiger partial charge in [0.1, 0.15) is 11.9 Å². The van der Waals surface area contributed by atoms with Gasteiger partial charge in [0, 0.05) is 11.0 Å². The molecule has 98 valence electrons. The quantitative estimate of drug-likeness (QED) is 0.636. The molecular weight excluding hydrogens is 220 g/mol. The summed E-state index contributed by atoms with van der Waals surface area (Å²) in [5, 5.41) is 0. The normalized spacial score (nSPS) is 19.3. The van der Waals surface area contributed by atoms with Crippen LogP contribution in [0, 0.1) is 5.41 Å². The lowest BCUT2D eigenvalue weighted by molar-refractivity contribution is 0.126. The zero-order valence-corrected chi connectivity index (χ0v) is 12.4. The maximum atomic E-state index is 6.15. The summed E-state index contributed by atoms with van der Waals surface area (Å²) in [5.74, 6) is 1.02. The van der Waals surface area contributed by atoms with Crippen molar-refractivity contribution in [1.29, 1.82) is 0 Å². The topological polar surface area (TPSA) is 9.23 Å². The third kappa shape index (κ3) is 2.60. The van der Waals surface area contributed by atoms with Crippen molar-refractivity contribution in [3.63, 3.8) is 0 Å². The van der Waals surface area contributed by atoms with Gasteiger partial charge in [-0.05, 0) is 23.1 Å². The van der Waals surface area contributed by atoms with E-state index in [1.807, 2.05) is 0 Å². The lowest BCUT2D eigenvalue weighted by atomic mass is 9.84. The van der Waals surface area contributed by atoms with Crippen LogP contribution in [-0.2, 0) is 5.41 Å². The van der Waals surface area contributed by atoms with Gasteiger partial charge >= 0.3 is 0 Å². The highest BCUT2D eigenvalue weighted by Crippen LogP contribution is 2.35. The van der Waals surface area contributed by atoms with Gasteiger partial charge in [-0.1, -0.05) is 59.8 Å². The first kappa shape index (κ1) is 13.2. The Hall–Kier alpha value is -1.24. The molecule has 0 bridgehead atoms. The van der Waals surface area contributed by atoms with Gasteiger partial charge in [0.25, 0.3) is 0 Å². The molecule has 1 aromatic rings. The second-order valence-electron chi connectivity index (χ2n) is 7.27. The highest BCUT2D eigenvalue weighted by atomic mass is 16.5. The van der Waals surface area contributed by atoms with E-state index in [2.05, 4.69) is 71.9 Å². The third-order valence-corrected chi connectivity index (χ3v) is 3.44. The minimum atomic E-state index is 0.131. The predicted octanol–water partition coefficient (Wildman–Crippen LogP) is 4.80. The number of hydrogen-bond acceptors (Lipinski definition) is 1. The molecule has 1 aliphatic heterocycles. The summed E-state index contributed by atoms with van der Waals surface area (Å²) in [6.45, 7) is 13.3. The maximum Gasteiger partial charge on any atom is 0.127 e. The first-order chi connectivity index (χ1) is 8.18. The van der Waals surface area contributed by atoms with Gasteiger partial charge in [0.05, 0.1) is 0 Å². The summed E-state index contributed by atoms with van der Waals surface area (Å²) in [6.07, 6.45) is 4.50. The number of rotatable bonds is 0. The molecule has 0 aromatic heterocycles. The number of ether oxygens (including phenoxy) is 1.